The number of carbonyl (C=O) groups is 1. The summed E-state index contributed by atoms with van der Waals surface area (Å²) < 4.78 is 10.6. The zero-order chi connectivity index (χ0) is 15.0. The minimum Gasteiger partial charge on any atom is -0.492 e. The molecule has 0 aliphatic carbocycles. The van der Waals surface area contributed by atoms with E-state index in [-0.39, 0.29) is 5.97 Å². The third kappa shape index (κ3) is 5.84. The van der Waals surface area contributed by atoms with Crippen LogP contribution in [0.2, 0.25) is 0 Å². The van der Waals surface area contributed by atoms with Crippen LogP contribution in [0.15, 0.2) is 18.2 Å². The smallest absolute Gasteiger partial charge is 0.323 e. The second kappa shape index (κ2) is 8.87. The van der Waals surface area contributed by atoms with E-state index < -0.39 is 6.04 Å². The predicted octanol–water partition coefficient (Wildman–Crippen LogP) is 2.31. The van der Waals surface area contributed by atoms with Crippen LogP contribution in [0.1, 0.15) is 18.1 Å². The maximum atomic E-state index is 11.3. The van der Waals surface area contributed by atoms with Crippen LogP contribution < -0.4 is 10.5 Å². The molecule has 0 heterocycles. The number of carbonyl (C=O) groups excluding carboxylic acids is 1. The molecule has 0 radical (unpaired) electrons. The Kier molecular flexibility index (Phi) is 7.47. The Balaban J connectivity index is 2.22. The summed E-state index contributed by atoms with van der Waals surface area (Å²) >= 11 is 1.59. The van der Waals surface area contributed by atoms with E-state index in [1.165, 1.54) is 5.56 Å². The van der Waals surface area contributed by atoms with Crippen LogP contribution in [0.25, 0.3) is 0 Å². The van der Waals surface area contributed by atoms with Crippen molar-refractivity contribution in [2.75, 3.05) is 24.7 Å². The number of aryl methyl sites for hydroxylation is 2. The van der Waals surface area contributed by atoms with Crippen molar-refractivity contribution in [2.24, 2.45) is 5.73 Å². The second-order valence-corrected chi connectivity index (χ2v) is 5.70. The van der Waals surface area contributed by atoms with E-state index in [2.05, 4.69) is 12.1 Å². The van der Waals surface area contributed by atoms with E-state index in [1.807, 2.05) is 19.9 Å². The monoisotopic (exact) mass is 297 g/mol. The van der Waals surface area contributed by atoms with Crippen LogP contribution in [-0.4, -0.2) is 36.7 Å². The van der Waals surface area contributed by atoms with E-state index in [0.29, 0.717) is 19.0 Å². The molecule has 5 heteroatoms. The number of benzene rings is 1. The van der Waals surface area contributed by atoms with Crippen LogP contribution in [0, 0.1) is 13.8 Å². The molecular formula is C15H23NO3S. The first-order valence-electron chi connectivity index (χ1n) is 6.74. The summed E-state index contributed by atoms with van der Waals surface area (Å²) in [5.74, 6) is 1.92. The molecule has 0 amide bonds. The molecule has 0 saturated heterocycles. The SMILES string of the molecule is CCOC(=O)C(N)CSCCOc1cc(C)ccc1C. The van der Waals surface area contributed by atoms with E-state index in [4.69, 9.17) is 15.2 Å². The molecular weight excluding hydrogens is 274 g/mol. The zero-order valence-electron chi connectivity index (χ0n) is 12.3. The summed E-state index contributed by atoms with van der Waals surface area (Å²) in [4.78, 5) is 11.3. The first-order chi connectivity index (χ1) is 9.54. The van der Waals surface area contributed by atoms with Gasteiger partial charge < -0.3 is 15.2 Å². The van der Waals surface area contributed by atoms with Crippen molar-refractivity contribution in [1.82, 2.24) is 0 Å². The van der Waals surface area contributed by atoms with Gasteiger partial charge in [-0.25, -0.2) is 0 Å². The van der Waals surface area contributed by atoms with Crippen molar-refractivity contribution in [3.8, 4) is 5.75 Å². The maximum absolute atomic E-state index is 11.3. The van der Waals surface area contributed by atoms with E-state index >= 15 is 0 Å². The third-order valence-corrected chi connectivity index (χ3v) is 3.77. The summed E-state index contributed by atoms with van der Waals surface area (Å²) in [5, 5.41) is 0. The largest absolute Gasteiger partial charge is 0.492 e. The van der Waals surface area contributed by atoms with Gasteiger partial charge in [0.15, 0.2) is 0 Å². The van der Waals surface area contributed by atoms with Gasteiger partial charge in [-0.15, -0.1) is 0 Å². The number of hydrogen-bond donors (Lipinski definition) is 1. The van der Waals surface area contributed by atoms with Crippen molar-refractivity contribution >= 4 is 17.7 Å². The average Bonchev–Trinajstić information content (AvgIpc) is 2.42. The molecule has 0 spiro atoms. The van der Waals surface area contributed by atoms with Gasteiger partial charge in [0.25, 0.3) is 0 Å². The summed E-state index contributed by atoms with van der Waals surface area (Å²) in [6.07, 6.45) is 0. The van der Waals surface area contributed by atoms with Crippen LogP contribution in [0.5, 0.6) is 5.75 Å². The summed E-state index contributed by atoms with van der Waals surface area (Å²) in [7, 11) is 0. The van der Waals surface area contributed by atoms with Gasteiger partial charge >= 0.3 is 5.97 Å². The first kappa shape index (κ1) is 16.9. The average molecular weight is 297 g/mol. The van der Waals surface area contributed by atoms with Gasteiger partial charge in [0.1, 0.15) is 11.8 Å². The van der Waals surface area contributed by atoms with Crippen LogP contribution in [-0.2, 0) is 9.53 Å². The van der Waals surface area contributed by atoms with E-state index in [9.17, 15) is 4.79 Å². The topological polar surface area (TPSA) is 61.5 Å². The highest BCUT2D eigenvalue weighted by molar-refractivity contribution is 7.99. The fourth-order valence-corrected chi connectivity index (χ4v) is 2.36. The second-order valence-electron chi connectivity index (χ2n) is 4.55. The molecule has 0 fully saturated rings. The lowest BCUT2D eigenvalue weighted by Crippen LogP contribution is -2.34. The summed E-state index contributed by atoms with van der Waals surface area (Å²) in [6.45, 7) is 6.81. The Bertz CT molecular complexity index is 437. The minimum atomic E-state index is -0.555. The Morgan fingerprint density at radius 3 is 2.85 bits per heavy atom. The lowest BCUT2D eigenvalue weighted by molar-refractivity contribution is -0.144. The minimum absolute atomic E-state index is 0.338. The Hall–Kier alpha value is -1.20. The molecule has 1 unspecified atom stereocenters. The van der Waals surface area contributed by atoms with Gasteiger partial charge in [0.2, 0.25) is 0 Å². The van der Waals surface area contributed by atoms with Gasteiger partial charge in [0.05, 0.1) is 13.2 Å². The Labute approximate surface area is 125 Å². The fourth-order valence-electron chi connectivity index (χ4n) is 1.60. The lowest BCUT2D eigenvalue weighted by atomic mass is 10.1. The molecule has 112 valence electrons. The Morgan fingerprint density at radius 1 is 1.40 bits per heavy atom. The van der Waals surface area contributed by atoms with Crippen LogP contribution in [0.3, 0.4) is 0 Å². The molecule has 1 atom stereocenters. The molecule has 0 aliphatic heterocycles. The number of esters is 1. The highest BCUT2D eigenvalue weighted by Crippen LogP contribution is 2.19. The molecule has 2 N–H and O–H groups in total. The normalized spacial score (nSPS) is 12.0. The molecule has 4 nitrogen and oxygen atoms in total. The molecule has 0 saturated carbocycles. The van der Waals surface area contributed by atoms with Crippen molar-refractivity contribution in [2.45, 2.75) is 26.8 Å². The highest BCUT2D eigenvalue weighted by Gasteiger charge is 2.13. The summed E-state index contributed by atoms with van der Waals surface area (Å²) in [6, 6.07) is 5.59. The van der Waals surface area contributed by atoms with E-state index in [0.717, 1.165) is 17.1 Å². The van der Waals surface area contributed by atoms with Crippen molar-refractivity contribution in [3.05, 3.63) is 29.3 Å². The highest BCUT2D eigenvalue weighted by atomic mass is 32.2. The fraction of sp³-hybridized carbons (Fsp3) is 0.533. The molecule has 0 aromatic heterocycles. The van der Waals surface area contributed by atoms with Crippen molar-refractivity contribution < 1.29 is 14.3 Å². The number of rotatable bonds is 8. The maximum Gasteiger partial charge on any atom is 0.323 e. The van der Waals surface area contributed by atoms with E-state index in [1.54, 1.807) is 18.7 Å². The third-order valence-electron chi connectivity index (χ3n) is 2.72. The molecule has 1 rings (SSSR count). The molecule has 1 aromatic rings. The molecule has 0 aliphatic rings. The predicted molar refractivity (Wildman–Crippen MR) is 83.3 cm³/mol. The zero-order valence-corrected chi connectivity index (χ0v) is 13.2. The van der Waals surface area contributed by atoms with Gasteiger partial charge in [-0.2, -0.15) is 11.8 Å². The molecule has 1 aromatic carbocycles. The Morgan fingerprint density at radius 2 is 2.15 bits per heavy atom. The van der Waals surface area contributed by atoms with Gasteiger partial charge in [-0.3, -0.25) is 4.79 Å². The van der Waals surface area contributed by atoms with Crippen LogP contribution >= 0.6 is 11.8 Å². The van der Waals surface area contributed by atoms with Crippen molar-refractivity contribution in [1.29, 1.82) is 0 Å². The van der Waals surface area contributed by atoms with Gasteiger partial charge in [-0.1, -0.05) is 12.1 Å². The first-order valence-corrected chi connectivity index (χ1v) is 7.90. The molecule has 0 bridgehead atoms. The standard InChI is InChI=1S/C15H23NO3S/c1-4-18-15(17)13(16)10-20-8-7-19-14-9-11(2)5-6-12(14)3/h5-6,9,13H,4,7-8,10,16H2,1-3H3. The van der Waals surface area contributed by atoms with Crippen LogP contribution in [0.4, 0.5) is 0 Å². The van der Waals surface area contributed by atoms with Gasteiger partial charge in [-0.05, 0) is 38.0 Å². The number of thioether (sulfide) groups is 1. The lowest BCUT2D eigenvalue weighted by Gasteiger charge is -2.11. The summed E-state index contributed by atoms with van der Waals surface area (Å²) in [5.41, 5.74) is 8.02. The number of hydrogen-bond acceptors (Lipinski definition) is 5. The van der Waals surface area contributed by atoms with Gasteiger partial charge in [0, 0.05) is 11.5 Å². The number of ether oxygens (including phenoxy) is 2. The number of nitrogens with two attached hydrogens (primary N) is 1. The molecule has 20 heavy (non-hydrogen) atoms. The quantitative estimate of drug-likeness (QED) is 0.589. The van der Waals surface area contributed by atoms with Crippen molar-refractivity contribution in [3.63, 3.8) is 0 Å².